The van der Waals surface area contributed by atoms with Gasteiger partial charge in [-0.15, -0.1) is 0 Å². The second-order valence-corrected chi connectivity index (χ2v) is 8.54. The number of carbonyl (C=O) groups excluding carboxylic acids is 1. The summed E-state index contributed by atoms with van der Waals surface area (Å²) >= 11 is 5.63. The highest BCUT2D eigenvalue weighted by Gasteiger charge is 2.37. The van der Waals surface area contributed by atoms with Crippen LogP contribution < -0.4 is 0 Å². The molecule has 28 heavy (non-hydrogen) atoms. The first-order valence-corrected chi connectivity index (χ1v) is 9.92. The van der Waals surface area contributed by atoms with E-state index in [-0.39, 0.29) is 21.8 Å². The van der Waals surface area contributed by atoms with Crippen LogP contribution in [0.4, 0.5) is 8.78 Å². The van der Waals surface area contributed by atoms with Crippen molar-refractivity contribution in [2.24, 2.45) is 5.41 Å². The highest BCUT2D eigenvalue weighted by molar-refractivity contribution is 6.33. The molecule has 0 N–H and O–H groups in total. The van der Waals surface area contributed by atoms with Gasteiger partial charge in [-0.25, -0.2) is 8.78 Å². The van der Waals surface area contributed by atoms with Crippen LogP contribution >= 0.6 is 11.6 Å². The van der Waals surface area contributed by atoms with Crippen LogP contribution in [0.25, 0.3) is 0 Å². The van der Waals surface area contributed by atoms with Gasteiger partial charge in [-0.05, 0) is 49.1 Å². The summed E-state index contributed by atoms with van der Waals surface area (Å²) in [5.74, 6) is -2.35. The largest absolute Gasteiger partial charge is 0.296 e. The summed E-state index contributed by atoms with van der Waals surface area (Å²) in [6.07, 6.45) is 5.80. The molecule has 0 radical (unpaired) electrons. The van der Waals surface area contributed by atoms with Crippen molar-refractivity contribution in [2.75, 3.05) is 0 Å². The van der Waals surface area contributed by atoms with Crippen molar-refractivity contribution >= 4 is 17.9 Å². The van der Waals surface area contributed by atoms with Gasteiger partial charge in [0.2, 0.25) is 0 Å². The number of aldehydes is 1. The maximum Gasteiger partial charge on any atom is 0.272 e. The molecule has 1 aromatic heterocycles. The molecule has 0 amide bonds. The molecule has 0 spiro atoms. The molecule has 1 aromatic carbocycles. The van der Waals surface area contributed by atoms with Gasteiger partial charge in [0.15, 0.2) is 6.29 Å². The van der Waals surface area contributed by atoms with Gasteiger partial charge in [0.05, 0.1) is 5.02 Å². The van der Waals surface area contributed by atoms with Crippen LogP contribution in [-0.4, -0.2) is 11.3 Å². The standard InChI is InChI=1S/C14H20.C9H8ClF2NO/c1-11-6-4-7-13(10-11)12(2)14(3)8-5-9-14;1-5-3-13-6(4-14)8(10)7(5)9(2,11)12/h4,6-7,10,12H,5,8-9H2,1-3H3;3-4H,1-2H3. The number of nitrogens with zero attached hydrogens (tertiary/aromatic N) is 1. The van der Waals surface area contributed by atoms with Crippen LogP contribution in [0.1, 0.15) is 78.7 Å². The van der Waals surface area contributed by atoms with Gasteiger partial charge in [-0.1, -0.05) is 61.7 Å². The number of benzene rings is 1. The van der Waals surface area contributed by atoms with Crippen molar-refractivity contribution in [2.45, 2.75) is 65.7 Å². The molecule has 1 atom stereocenters. The van der Waals surface area contributed by atoms with Crippen LogP contribution in [0.2, 0.25) is 5.02 Å². The molecule has 1 heterocycles. The zero-order valence-electron chi connectivity index (χ0n) is 17.2. The maximum absolute atomic E-state index is 13.1. The summed E-state index contributed by atoms with van der Waals surface area (Å²) < 4.78 is 26.1. The van der Waals surface area contributed by atoms with E-state index in [1.54, 1.807) is 0 Å². The molecule has 152 valence electrons. The van der Waals surface area contributed by atoms with E-state index in [0.29, 0.717) is 11.7 Å². The van der Waals surface area contributed by atoms with Crippen molar-refractivity contribution in [1.29, 1.82) is 0 Å². The first kappa shape index (κ1) is 22.5. The number of alkyl halides is 2. The summed E-state index contributed by atoms with van der Waals surface area (Å²) in [5.41, 5.74) is 3.26. The minimum atomic E-state index is -3.07. The van der Waals surface area contributed by atoms with Crippen LogP contribution in [0, 0.1) is 19.3 Å². The smallest absolute Gasteiger partial charge is 0.272 e. The SMILES string of the molecule is Cc1cccc(C(C)C2(C)CCC2)c1.Cc1cnc(C=O)c(Cl)c1C(C)(F)F. The molecule has 0 saturated heterocycles. The number of hydrogen-bond acceptors (Lipinski definition) is 2. The molecule has 0 bridgehead atoms. The Morgan fingerprint density at radius 1 is 1.29 bits per heavy atom. The van der Waals surface area contributed by atoms with E-state index in [9.17, 15) is 13.6 Å². The molecule has 1 fully saturated rings. The van der Waals surface area contributed by atoms with Crippen molar-refractivity contribution < 1.29 is 13.6 Å². The average Bonchev–Trinajstić information content (AvgIpc) is 2.58. The predicted molar refractivity (Wildman–Crippen MR) is 110 cm³/mol. The van der Waals surface area contributed by atoms with Gasteiger partial charge >= 0.3 is 0 Å². The van der Waals surface area contributed by atoms with E-state index in [1.807, 2.05) is 0 Å². The average molecular weight is 408 g/mol. The molecule has 2 aromatic rings. The normalized spacial score (nSPS) is 16.4. The van der Waals surface area contributed by atoms with E-state index < -0.39 is 5.92 Å². The number of halogens is 3. The third-order valence-electron chi connectivity index (χ3n) is 5.87. The summed E-state index contributed by atoms with van der Waals surface area (Å²) in [5, 5.41) is -0.271. The zero-order valence-corrected chi connectivity index (χ0v) is 17.9. The van der Waals surface area contributed by atoms with Crippen LogP contribution in [0.5, 0.6) is 0 Å². The van der Waals surface area contributed by atoms with E-state index in [0.717, 1.165) is 12.8 Å². The lowest BCUT2D eigenvalue weighted by Gasteiger charge is -2.44. The number of hydrogen-bond donors (Lipinski definition) is 0. The van der Waals surface area contributed by atoms with Crippen molar-refractivity contribution in [3.05, 3.63) is 63.4 Å². The van der Waals surface area contributed by atoms with E-state index in [1.165, 1.54) is 43.5 Å². The Morgan fingerprint density at radius 3 is 2.39 bits per heavy atom. The van der Waals surface area contributed by atoms with Crippen LogP contribution in [0.3, 0.4) is 0 Å². The fourth-order valence-electron chi connectivity index (χ4n) is 3.72. The molecule has 3 rings (SSSR count). The van der Waals surface area contributed by atoms with Crippen molar-refractivity contribution in [1.82, 2.24) is 4.98 Å². The molecular formula is C23H28ClF2NO. The number of aromatic nitrogens is 1. The minimum Gasteiger partial charge on any atom is -0.296 e. The lowest BCUT2D eigenvalue weighted by Crippen LogP contribution is -2.31. The summed E-state index contributed by atoms with van der Waals surface area (Å²) in [4.78, 5) is 14.1. The third-order valence-corrected chi connectivity index (χ3v) is 6.25. The minimum absolute atomic E-state index is 0.159. The predicted octanol–water partition coefficient (Wildman–Crippen LogP) is 7.26. The quantitative estimate of drug-likeness (QED) is 0.499. The van der Waals surface area contributed by atoms with Gasteiger partial charge < -0.3 is 0 Å². The Hall–Kier alpha value is -1.81. The van der Waals surface area contributed by atoms with E-state index in [2.05, 4.69) is 50.0 Å². The van der Waals surface area contributed by atoms with Gasteiger partial charge in [-0.2, -0.15) is 0 Å². The monoisotopic (exact) mass is 407 g/mol. The van der Waals surface area contributed by atoms with Gasteiger partial charge in [0.1, 0.15) is 5.69 Å². The Kier molecular flexibility index (Phi) is 6.97. The Bertz CT molecular complexity index is 841. The molecule has 2 nitrogen and oxygen atoms in total. The topological polar surface area (TPSA) is 30.0 Å². The first-order valence-electron chi connectivity index (χ1n) is 9.54. The second-order valence-electron chi connectivity index (χ2n) is 8.17. The van der Waals surface area contributed by atoms with Crippen LogP contribution in [-0.2, 0) is 5.92 Å². The Labute approximate surface area is 171 Å². The molecule has 1 unspecified atom stereocenters. The Balaban J connectivity index is 0.000000200. The molecule has 5 heteroatoms. The van der Waals surface area contributed by atoms with Crippen molar-refractivity contribution in [3.8, 4) is 0 Å². The highest BCUT2D eigenvalue weighted by atomic mass is 35.5. The van der Waals surface area contributed by atoms with Gasteiger partial charge in [-0.3, -0.25) is 9.78 Å². The first-order chi connectivity index (χ1) is 13.0. The number of aryl methyl sites for hydroxylation is 2. The number of carbonyl (C=O) groups is 1. The van der Waals surface area contributed by atoms with Crippen molar-refractivity contribution in [3.63, 3.8) is 0 Å². The molecule has 1 aliphatic rings. The fraction of sp³-hybridized carbons (Fsp3) is 0.478. The highest BCUT2D eigenvalue weighted by Crippen LogP contribution is 2.50. The summed E-state index contributed by atoms with van der Waals surface area (Å²) in [6.45, 7) is 9.20. The maximum atomic E-state index is 13.1. The second kappa shape index (κ2) is 8.69. The van der Waals surface area contributed by atoms with E-state index in [4.69, 9.17) is 11.6 Å². The number of pyridine rings is 1. The lowest BCUT2D eigenvalue weighted by molar-refractivity contribution is 0.0168. The molecular weight excluding hydrogens is 380 g/mol. The van der Waals surface area contributed by atoms with Crippen LogP contribution in [0.15, 0.2) is 30.5 Å². The summed E-state index contributed by atoms with van der Waals surface area (Å²) in [7, 11) is 0. The van der Waals surface area contributed by atoms with Gasteiger partial charge in [0.25, 0.3) is 5.92 Å². The zero-order chi connectivity index (χ0) is 21.1. The molecule has 0 aliphatic heterocycles. The Morgan fingerprint density at radius 2 is 1.93 bits per heavy atom. The molecule has 1 saturated carbocycles. The fourth-order valence-corrected chi connectivity index (χ4v) is 4.13. The lowest BCUT2D eigenvalue weighted by atomic mass is 9.61. The number of rotatable bonds is 4. The molecule has 1 aliphatic carbocycles. The summed E-state index contributed by atoms with van der Waals surface area (Å²) in [6, 6.07) is 8.98. The third kappa shape index (κ3) is 4.96. The van der Waals surface area contributed by atoms with E-state index >= 15 is 0 Å². The van der Waals surface area contributed by atoms with Gasteiger partial charge in [0, 0.05) is 18.7 Å².